The normalized spacial score (nSPS) is 13.0. The number of ether oxygens (including phenoxy) is 2. The molecule has 1 atom stereocenters. The fourth-order valence-corrected chi connectivity index (χ4v) is 2.58. The Bertz CT molecular complexity index is 683. The number of benzene rings is 2. The van der Waals surface area contributed by atoms with E-state index in [1.54, 1.807) is 6.92 Å². The smallest absolute Gasteiger partial charge is 0.147 e. The highest BCUT2D eigenvalue weighted by atomic mass is 16.5. The van der Waals surface area contributed by atoms with Crippen LogP contribution in [0.2, 0.25) is 0 Å². The van der Waals surface area contributed by atoms with Crippen LogP contribution >= 0.6 is 0 Å². The van der Waals surface area contributed by atoms with E-state index in [1.807, 2.05) is 61.5 Å². The lowest BCUT2D eigenvalue weighted by Gasteiger charge is -2.25. The molecule has 2 N–H and O–H groups in total. The number of nitrogens with one attached hydrogen (secondary N) is 1. The van der Waals surface area contributed by atoms with E-state index >= 15 is 0 Å². The van der Waals surface area contributed by atoms with E-state index in [4.69, 9.17) is 9.47 Å². The fraction of sp³-hybridized carbons (Fsp3) is 0.409. The highest BCUT2D eigenvalue weighted by molar-refractivity contribution is 5.80. The highest BCUT2D eigenvalue weighted by Gasteiger charge is 2.20. The van der Waals surface area contributed by atoms with Gasteiger partial charge in [0.2, 0.25) is 0 Å². The molecule has 0 saturated heterocycles. The maximum absolute atomic E-state index is 11.7. The first-order valence-electron chi connectivity index (χ1n) is 9.37. The summed E-state index contributed by atoms with van der Waals surface area (Å²) in [6, 6.07) is 16.9. The average molecular weight is 371 g/mol. The van der Waals surface area contributed by atoms with Crippen molar-refractivity contribution in [3.05, 3.63) is 60.2 Å². The molecule has 5 nitrogen and oxygen atoms in total. The van der Waals surface area contributed by atoms with Gasteiger partial charge in [-0.2, -0.15) is 0 Å². The van der Waals surface area contributed by atoms with E-state index in [2.05, 4.69) is 5.32 Å². The van der Waals surface area contributed by atoms with E-state index in [-0.39, 0.29) is 12.4 Å². The number of carbonyl (C=O) groups excluding carboxylic acids is 1. The molecule has 0 bridgehead atoms. The van der Waals surface area contributed by atoms with Crippen molar-refractivity contribution < 1.29 is 19.4 Å². The number of Topliss-reactive ketones (excluding diaryl/α,β-unsaturated/α-hetero) is 1. The molecule has 2 aromatic rings. The number of aliphatic hydroxyl groups is 1. The summed E-state index contributed by atoms with van der Waals surface area (Å²) in [5.41, 5.74) is -0.150. The molecule has 146 valence electrons. The monoisotopic (exact) mass is 371 g/mol. The van der Waals surface area contributed by atoms with Gasteiger partial charge in [0, 0.05) is 19.4 Å². The molecule has 0 amide bonds. The first-order chi connectivity index (χ1) is 13.0. The Kier molecular flexibility index (Phi) is 8.30. The molecule has 0 aliphatic carbocycles. The van der Waals surface area contributed by atoms with Crippen LogP contribution in [0.1, 0.15) is 32.3 Å². The summed E-state index contributed by atoms with van der Waals surface area (Å²) in [7, 11) is 0. The van der Waals surface area contributed by atoms with E-state index in [9.17, 15) is 9.90 Å². The second-order valence-electron chi connectivity index (χ2n) is 6.76. The molecule has 0 heterocycles. The van der Waals surface area contributed by atoms with Crippen molar-refractivity contribution in [1.29, 1.82) is 0 Å². The maximum Gasteiger partial charge on any atom is 0.147 e. The molecule has 1 unspecified atom stereocenters. The zero-order valence-electron chi connectivity index (χ0n) is 16.1. The van der Waals surface area contributed by atoms with Crippen LogP contribution in [-0.2, 0) is 11.2 Å². The standard InChI is InChI=1S/C22H29NO4/c1-3-7-19(24)16-18-10-12-21(13-11-18)26-15-14-23-22(2,25)17-27-20-8-5-4-6-9-20/h4-6,8-13,23,25H,3,7,14-17H2,1-2H3. The van der Waals surface area contributed by atoms with Crippen LogP contribution in [0.3, 0.4) is 0 Å². The van der Waals surface area contributed by atoms with Gasteiger partial charge >= 0.3 is 0 Å². The Morgan fingerprint density at radius 1 is 1.04 bits per heavy atom. The van der Waals surface area contributed by atoms with Gasteiger partial charge in [-0.15, -0.1) is 0 Å². The Balaban J connectivity index is 1.67. The average Bonchev–Trinajstić information content (AvgIpc) is 2.66. The zero-order valence-corrected chi connectivity index (χ0v) is 16.1. The van der Waals surface area contributed by atoms with Crippen LogP contribution in [0.5, 0.6) is 11.5 Å². The van der Waals surface area contributed by atoms with Crippen LogP contribution in [0.4, 0.5) is 0 Å². The number of para-hydroxylation sites is 1. The van der Waals surface area contributed by atoms with Gasteiger partial charge in [0.05, 0.1) is 0 Å². The van der Waals surface area contributed by atoms with E-state index < -0.39 is 5.72 Å². The van der Waals surface area contributed by atoms with Crippen molar-refractivity contribution in [3.8, 4) is 11.5 Å². The minimum Gasteiger partial charge on any atom is -0.492 e. The second-order valence-corrected chi connectivity index (χ2v) is 6.76. The third-order valence-electron chi connectivity index (χ3n) is 3.99. The van der Waals surface area contributed by atoms with Crippen LogP contribution in [0.15, 0.2) is 54.6 Å². The maximum atomic E-state index is 11.7. The van der Waals surface area contributed by atoms with Gasteiger partial charge in [0.25, 0.3) is 0 Å². The van der Waals surface area contributed by atoms with Gasteiger partial charge in [-0.3, -0.25) is 10.1 Å². The van der Waals surface area contributed by atoms with Gasteiger partial charge in [-0.1, -0.05) is 37.3 Å². The molecule has 0 spiro atoms. The predicted octanol–water partition coefficient (Wildman–Crippen LogP) is 3.35. The van der Waals surface area contributed by atoms with Crippen LogP contribution in [-0.4, -0.2) is 36.4 Å². The van der Waals surface area contributed by atoms with Gasteiger partial charge in [-0.05, 0) is 43.2 Å². The number of hydrogen-bond donors (Lipinski definition) is 2. The lowest BCUT2D eigenvalue weighted by atomic mass is 10.1. The molecule has 0 saturated carbocycles. The van der Waals surface area contributed by atoms with Crippen molar-refractivity contribution in [2.45, 2.75) is 38.8 Å². The molecule has 27 heavy (non-hydrogen) atoms. The Labute approximate surface area is 161 Å². The topological polar surface area (TPSA) is 67.8 Å². The van der Waals surface area contributed by atoms with Crippen LogP contribution in [0, 0.1) is 0 Å². The number of hydrogen-bond acceptors (Lipinski definition) is 5. The fourth-order valence-electron chi connectivity index (χ4n) is 2.58. The molecule has 2 aromatic carbocycles. The Morgan fingerprint density at radius 2 is 1.70 bits per heavy atom. The Hall–Kier alpha value is -2.37. The summed E-state index contributed by atoms with van der Waals surface area (Å²) in [6.45, 7) is 4.70. The molecule has 5 heteroatoms. The van der Waals surface area contributed by atoms with Crippen molar-refractivity contribution in [1.82, 2.24) is 5.32 Å². The SMILES string of the molecule is CCCC(=O)Cc1ccc(OCCNC(C)(O)COc2ccccc2)cc1. The highest BCUT2D eigenvalue weighted by Crippen LogP contribution is 2.14. The number of ketones is 1. The minimum absolute atomic E-state index is 0.136. The summed E-state index contributed by atoms with van der Waals surface area (Å²) in [5.74, 6) is 1.72. The van der Waals surface area contributed by atoms with Crippen molar-refractivity contribution >= 4 is 5.78 Å². The zero-order chi connectivity index (χ0) is 19.5. The molecule has 0 aliphatic rings. The second kappa shape index (κ2) is 10.7. The lowest BCUT2D eigenvalue weighted by Crippen LogP contribution is -2.48. The van der Waals surface area contributed by atoms with Crippen molar-refractivity contribution in [2.75, 3.05) is 19.8 Å². The first kappa shape index (κ1) is 20.9. The third kappa shape index (κ3) is 8.24. The summed E-state index contributed by atoms with van der Waals surface area (Å²) in [4.78, 5) is 11.7. The molecular weight excluding hydrogens is 342 g/mol. The van der Waals surface area contributed by atoms with E-state index in [1.165, 1.54) is 0 Å². The summed E-state index contributed by atoms with van der Waals surface area (Å²) < 4.78 is 11.2. The predicted molar refractivity (Wildman–Crippen MR) is 106 cm³/mol. The Morgan fingerprint density at radius 3 is 2.37 bits per heavy atom. The van der Waals surface area contributed by atoms with Gasteiger partial charge in [-0.25, -0.2) is 0 Å². The number of rotatable bonds is 12. The molecule has 0 radical (unpaired) electrons. The lowest BCUT2D eigenvalue weighted by molar-refractivity contribution is -0.118. The van der Waals surface area contributed by atoms with E-state index in [0.717, 1.165) is 17.7 Å². The molecular formula is C22H29NO4. The summed E-state index contributed by atoms with van der Waals surface area (Å²) in [5, 5.41) is 13.3. The molecule has 0 fully saturated rings. The van der Waals surface area contributed by atoms with Gasteiger partial charge in [0.1, 0.15) is 36.2 Å². The van der Waals surface area contributed by atoms with Crippen molar-refractivity contribution in [3.63, 3.8) is 0 Å². The minimum atomic E-state index is -1.15. The summed E-state index contributed by atoms with van der Waals surface area (Å²) in [6.07, 6.45) is 1.98. The van der Waals surface area contributed by atoms with Crippen molar-refractivity contribution in [2.24, 2.45) is 0 Å². The molecule has 0 aliphatic heterocycles. The molecule has 0 aromatic heterocycles. The third-order valence-corrected chi connectivity index (χ3v) is 3.99. The van der Waals surface area contributed by atoms with Gasteiger partial charge < -0.3 is 14.6 Å². The summed E-state index contributed by atoms with van der Waals surface area (Å²) >= 11 is 0. The van der Waals surface area contributed by atoms with Crippen LogP contribution < -0.4 is 14.8 Å². The number of carbonyl (C=O) groups is 1. The van der Waals surface area contributed by atoms with E-state index in [0.29, 0.717) is 31.7 Å². The van der Waals surface area contributed by atoms with Crippen LogP contribution in [0.25, 0.3) is 0 Å². The quantitative estimate of drug-likeness (QED) is 0.442. The molecule has 2 rings (SSSR count). The first-order valence-corrected chi connectivity index (χ1v) is 9.37. The largest absolute Gasteiger partial charge is 0.492 e. The van der Waals surface area contributed by atoms with Gasteiger partial charge in [0.15, 0.2) is 0 Å².